The highest BCUT2D eigenvalue weighted by Crippen LogP contribution is 2.29. The van der Waals surface area contributed by atoms with Crippen LogP contribution in [0.15, 0.2) is 0 Å². The molecular formula is C16H34N2. The van der Waals surface area contributed by atoms with Crippen molar-refractivity contribution in [2.75, 3.05) is 20.1 Å². The molecule has 0 bridgehead atoms. The molecule has 0 aromatic heterocycles. The molecule has 2 unspecified atom stereocenters. The third kappa shape index (κ3) is 4.55. The van der Waals surface area contributed by atoms with Gasteiger partial charge in [0, 0.05) is 11.6 Å². The SMILES string of the molecule is CCCNC1CCCC1CCN(C)C(C)(C)CC. The van der Waals surface area contributed by atoms with Crippen molar-refractivity contribution in [3.63, 3.8) is 0 Å². The van der Waals surface area contributed by atoms with Crippen LogP contribution in [0, 0.1) is 5.92 Å². The molecule has 0 saturated heterocycles. The number of hydrogen-bond donors (Lipinski definition) is 1. The zero-order valence-corrected chi connectivity index (χ0v) is 13.3. The molecule has 1 aliphatic rings. The largest absolute Gasteiger partial charge is 0.314 e. The van der Waals surface area contributed by atoms with E-state index in [0.717, 1.165) is 12.0 Å². The van der Waals surface area contributed by atoms with Gasteiger partial charge in [-0.3, -0.25) is 0 Å². The summed E-state index contributed by atoms with van der Waals surface area (Å²) in [6.07, 6.45) is 8.10. The van der Waals surface area contributed by atoms with E-state index in [0.29, 0.717) is 5.54 Å². The number of hydrogen-bond acceptors (Lipinski definition) is 2. The summed E-state index contributed by atoms with van der Waals surface area (Å²) in [5.74, 6) is 0.909. The molecular weight excluding hydrogens is 220 g/mol. The lowest BCUT2D eigenvalue weighted by molar-refractivity contribution is 0.138. The highest BCUT2D eigenvalue weighted by Gasteiger charge is 2.28. The molecule has 1 saturated carbocycles. The minimum absolute atomic E-state index is 0.352. The molecule has 0 aliphatic heterocycles. The minimum atomic E-state index is 0.352. The maximum absolute atomic E-state index is 3.74. The van der Waals surface area contributed by atoms with Crippen LogP contribution in [0.3, 0.4) is 0 Å². The Morgan fingerprint density at radius 3 is 2.56 bits per heavy atom. The van der Waals surface area contributed by atoms with Gasteiger partial charge in [0.25, 0.3) is 0 Å². The number of nitrogens with one attached hydrogen (secondary N) is 1. The van der Waals surface area contributed by atoms with Crippen LogP contribution in [0.2, 0.25) is 0 Å². The van der Waals surface area contributed by atoms with Crippen molar-refractivity contribution >= 4 is 0 Å². The van der Waals surface area contributed by atoms with E-state index in [2.05, 4.69) is 45.0 Å². The first kappa shape index (κ1) is 16.0. The lowest BCUT2D eigenvalue weighted by Gasteiger charge is -2.36. The highest BCUT2D eigenvalue weighted by atomic mass is 15.2. The van der Waals surface area contributed by atoms with Gasteiger partial charge in [0.15, 0.2) is 0 Å². The van der Waals surface area contributed by atoms with Gasteiger partial charge < -0.3 is 10.2 Å². The van der Waals surface area contributed by atoms with Crippen LogP contribution in [0.1, 0.15) is 66.2 Å². The van der Waals surface area contributed by atoms with Crippen molar-refractivity contribution in [3.8, 4) is 0 Å². The summed E-state index contributed by atoms with van der Waals surface area (Å²) in [5, 5.41) is 3.74. The van der Waals surface area contributed by atoms with Gasteiger partial charge in [-0.05, 0) is 72.0 Å². The smallest absolute Gasteiger partial charge is 0.0147 e. The molecule has 2 atom stereocenters. The summed E-state index contributed by atoms with van der Waals surface area (Å²) in [7, 11) is 2.28. The van der Waals surface area contributed by atoms with Crippen LogP contribution in [-0.2, 0) is 0 Å². The standard InChI is InChI=1S/C16H34N2/c1-6-12-17-15-10-8-9-14(15)11-13-18(5)16(3,4)7-2/h14-15,17H,6-13H2,1-5H3. The second kappa shape index (κ2) is 7.49. The van der Waals surface area contributed by atoms with Gasteiger partial charge in [0.1, 0.15) is 0 Å². The Morgan fingerprint density at radius 2 is 1.94 bits per heavy atom. The number of nitrogens with zero attached hydrogens (tertiary/aromatic N) is 1. The van der Waals surface area contributed by atoms with Crippen LogP contribution < -0.4 is 5.32 Å². The molecule has 2 nitrogen and oxygen atoms in total. The third-order valence-electron chi connectivity index (χ3n) is 5.05. The second-order valence-electron chi connectivity index (χ2n) is 6.63. The Bertz CT molecular complexity index is 225. The van der Waals surface area contributed by atoms with Gasteiger partial charge in [0.05, 0.1) is 0 Å². The summed E-state index contributed by atoms with van der Waals surface area (Å²) in [4.78, 5) is 2.54. The minimum Gasteiger partial charge on any atom is -0.314 e. The van der Waals surface area contributed by atoms with E-state index < -0.39 is 0 Å². The van der Waals surface area contributed by atoms with E-state index >= 15 is 0 Å². The van der Waals surface area contributed by atoms with E-state index in [-0.39, 0.29) is 0 Å². The summed E-state index contributed by atoms with van der Waals surface area (Å²) in [6, 6.07) is 0.795. The van der Waals surface area contributed by atoms with E-state index in [4.69, 9.17) is 0 Å². The molecule has 0 aromatic carbocycles. The zero-order valence-electron chi connectivity index (χ0n) is 13.3. The Kier molecular flexibility index (Phi) is 6.65. The average Bonchev–Trinajstić information content (AvgIpc) is 2.80. The predicted octanol–water partition coefficient (Wildman–Crippen LogP) is 3.67. The van der Waals surface area contributed by atoms with Gasteiger partial charge in [-0.2, -0.15) is 0 Å². The summed E-state index contributed by atoms with van der Waals surface area (Å²) >= 11 is 0. The lowest BCUT2D eigenvalue weighted by Crippen LogP contribution is -2.42. The maximum atomic E-state index is 3.74. The fourth-order valence-corrected chi connectivity index (χ4v) is 2.91. The molecule has 18 heavy (non-hydrogen) atoms. The van der Waals surface area contributed by atoms with Crippen molar-refractivity contribution < 1.29 is 0 Å². The first-order chi connectivity index (χ1) is 8.51. The highest BCUT2D eigenvalue weighted by molar-refractivity contribution is 4.85. The quantitative estimate of drug-likeness (QED) is 0.711. The third-order valence-corrected chi connectivity index (χ3v) is 5.05. The molecule has 108 valence electrons. The summed E-state index contributed by atoms with van der Waals surface area (Å²) in [5.41, 5.74) is 0.352. The van der Waals surface area contributed by atoms with Crippen molar-refractivity contribution in [3.05, 3.63) is 0 Å². The van der Waals surface area contributed by atoms with Crippen LogP contribution in [0.5, 0.6) is 0 Å². The Labute approximate surface area is 115 Å². The Balaban J connectivity index is 2.33. The molecule has 0 amide bonds. The summed E-state index contributed by atoms with van der Waals surface area (Å²) in [6.45, 7) is 11.7. The molecule has 2 heteroatoms. The molecule has 1 fully saturated rings. The number of rotatable bonds is 8. The Hall–Kier alpha value is -0.0800. The van der Waals surface area contributed by atoms with Gasteiger partial charge in [-0.1, -0.05) is 20.3 Å². The first-order valence-corrected chi connectivity index (χ1v) is 7.96. The van der Waals surface area contributed by atoms with Crippen LogP contribution in [0.4, 0.5) is 0 Å². The monoisotopic (exact) mass is 254 g/mol. The molecule has 0 aromatic rings. The van der Waals surface area contributed by atoms with Crippen molar-refractivity contribution in [1.82, 2.24) is 10.2 Å². The van der Waals surface area contributed by atoms with Crippen molar-refractivity contribution in [2.24, 2.45) is 5.92 Å². The maximum Gasteiger partial charge on any atom is 0.0147 e. The fourth-order valence-electron chi connectivity index (χ4n) is 2.91. The topological polar surface area (TPSA) is 15.3 Å². The van der Waals surface area contributed by atoms with E-state index in [1.54, 1.807) is 0 Å². The van der Waals surface area contributed by atoms with Gasteiger partial charge in [-0.25, -0.2) is 0 Å². The molecule has 0 spiro atoms. The first-order valence-electron chi connectivity index (χ1n) is 7.96. The van der Waals surface area contributed by atoms with E-state index in [1.165, 1.54) is 51.6 Å². The Morgan fingerprint density at radius 1 is 1.22 bits per heavy atom. The zero-order chi connectivity index (χ0) is 13.6. The van der Waals surface area contributed by atoms with Crippen molar-refractivity contribution in [1.29, 1.82) is 0 Å². The van der Waals surface area contributed by atoms with Gasteiger partial charge in [-0.15, -0.1) is 0 Å². The fraction of sp³-hybridized carbons (Fsp3) is 1.00. The van der Waals surface area contributed by atoms with Gasteiger partial charge >= 0.3 is 0 Å². The molecule has 1 aliphatic carbocycles. The molecule has 1 rings (SSSR count). The molecule has 1 N–H and O–H groups in total. The van der Waals surface area contributed by atoms with Gasteiger partial charge in [0.2, 0.25) is 0 Å². The van der Waals surface area contributed by atoms with E-state index in [1.807, 2.05) is 0 Å². The summed E-state index contributed by atoms with van der Waals surface area (Å²) < 4.78 is 0. The normalized spacial score (nSPS) is 25.0. The lowest BCUT2D eigenvalue weighted by atomic mass is 9.96. The van der Waals surface area contributed by atoms with Crippen LogP contribution in [-0.4, -0.2) is 36.6 Å². The predicted molar refractivity (Wildman–Crippen MR) is 81.0 cm³/mol. The molecule has 0 radical (unpaired) electrons. The van der Waals surface area contributed by atoms with Crippen molar-refractivity contribution in [2.45, 2.75) is 77.8 Å². The van der Waals surface area contributed by atoms with Crippen LogP contribution >= 0.6 is 0 Å². The molecule has 0 heterocycles. The second-order valence-corrected chi connectivity index (χ2v) is 6.63. The van der Waals surface area contributed by atoms with E-state index in [9.17, 15) is 0 Å². The average molecular weight is 254 g/mol. The van der Waals surface area contributed by atoms with Crippen LogP contribution in [0.25, 0.3) is 0 Å².